The van der Waals surface area contributed by atoms with Crippen LogP contribution in [0.1, 0.15) is 72.9 Å². The summed E-state index contributed by atoms with van der Waals surface area (Å²) in [5.74, 6) is -0.194. The second kappa shape index (κ2) is 7.55. The number of hydrogen-bond acceptors (Lipinski definition) is 3. The Bertz CT molecular complexity index is 844. The number of aryl methyl sites for hydroxylation is 1. The Kier molecular flexibility index (Phi) is 5.35. The van der Waals surface area contributed by atoms with Gasteiger partial charge in [0.25, 0.3) is 11.8 Å². The average Bonchev–Trinajstić information content (AvgIpc) is 3.01. The first kappa shape index (κ1) is 19.1. The zero-order chi connectivity index (χ0) is 19.6. The van der Waals surface area contributed by atoms with E-state index in [4.69, 9.17) is 0 Å². The third-order valence-electron chi connectivity index (χ3n) is 4.64. The summed E-state index contributed by atoms with van der Waals surface area (Å²) in [7, 11) is 0. The van der Waals surface area contributed by atoms with Crippen LogP contribution in [0.4, 0.5) is 5.69 Å². The summed E-state index contributed by atoms with van der Waals surface area (Å²) in [6.45, 7) is 8.60. The number of carbonyl (C=O) groups is 2. The Labute approximate surface area is 160 Å². The number of imidazole rings is 1. The number of aromatic nitrogens is 2. The molecule has 1 aromatic carbocycles. The molecule has 0 radical (unpaired) electrons. The molecule has 0 saturated heterocycles. The Morgan fingerprint density at radius 2 is 1.81 bits per heavy atom. The predicted molar refractivity (Wildman–Crippen MR) is 106 cm³/mol. The van der Waals surface area contributed by atoms with Gasteiger partial charge in [0.15, 0.2) is 5.82 Å². The van der Waals surface area contributed by atoms with Crippen molar-refractivity contribution in [1.29, 1.82) is 0 Å². The Balaban J connectivity index is 1.88. The second-order valence-corrected chi connectivity index (χ2v) is 8.05. The molecule has 2 heterocycles. The summed E-state index contributed by atoms with van der Waals surface area (Å²) < 4.78 is 1.90. The molecule has 27 heavy (non-hydrogen) atoms. The van der Waals surface area contributed by atoms with E-state index in [2.05, 4.69) is 22.5 Å². The van der Waals surface area contributed by atoms with Gasteiger partial charge in [0.2, 0.25) is 0 Å². The average molecular weight is 368 g/mol. The van der Waals surface area contributed by atoms with E-state index in [-0.39, 0.29) is 17.4 Å². The number of hydrogen-bond donors (Lipinski definition) is 2. The molecule has 144 valence electrons. The normalized spacial score (nSPS) is 13.8. The molecular weight excluding hydrogens is 340 g/mol. The van der Waals surface area contributed by atoms with Crippen LogP contribution < -0.4 is 10.6 Å². The molecule has 6 nitrogen and oxygen atoms in total. The van der Waals surface area contributed by atoms with E-state index < -0.39 is 0 Å². The van der Waals surface area contributed by atoms with E-state index in [9.17, 15) is 9.59 Å². The first-order chi connectivity index (χ1) is 12.8. The largest absolute Gasteiger partial charge is 0.346 e. The molecule has 0 bridgehead atoms. The van der Waals surface area contributed by atoms with Crippen molar-refractivity contribution in [2.45, 2.75) is 65.5 Å². The smallest absolute Gasteiger partial charge is 0.291 e. The monoisotopic (exact) mass is 368 g/mol. The lowest BCUT2D eigenvalue weighted by molar-refractivity contribution is 0.0913. The third kappa shape index (κ3) is 4.38. The van der Waals surface area contributed by atoms with E-state index in [1.54, 1.807) is 0 Å². The highest BCUT2D eigenvalue weighted by molar-refractivity contribution is 6.03. The van der Waals surface area contributed by atoms with E-state index in [1.165, 1.54) is 5.56 Å². The molecular formula is C21H28N4O2. The van der Waals surface area contributed by atoms with Crippen molar-refractivity contribution in [3.05, 3.63) is 47.0 Å². The predicted octanol–water partition coefficient (Wildman–Crippen LogP) is 3.56. The fraction of sp³-hybridized carbons (Fsp3) is 0.476. The maximum Gasteiger partial charge on any atom is 0.291 e. The number of anilines is 1. The van der Waals surface area contributed by atoms with Crippen molar-refractivity contribution in [2.24, 2.45) is 0 Å². The molecule has 0 saturated carbocycles. The molecule has 2 aromatic rings. The summed E-state index contributed by atoms with van der Waals surface area (Å²) in [4.78, 5) is 30.0. The van der Waals surface area contributed by atoms with Crippen LogP contribution in [-0.4, -0.2) is 26.9 Å². The van der Waals surface area contributed by atoms with Crippen molar-refractivity contribution < 1.29 is 9.59 Å². The van der Waals surface area contributed by atoms with E-state index in [1.807, 2.05) is 49.6 Å². The summed E-state index contributed by atoms with van der Waals surface area (Å²) in [5, 5.41) is 5.86. The van der Waals surface area contributed by atoms with Gasteiger partial charge in [-0.3, -0.25) is 9.59 Å². The highest BCUT2D eigenvalue weighted by Gasteiger charge is 2.29. The van der Waals surface area contributed by atoms with E-state index in [0.717, 1.165) is 37.1 Å². The molecule has 1 aromatic heterocycles. The maximum atomic E-state index is 12.8. The molecule has 0 fully saturated rings. The number of carbonyl (C=O) groups excluding carboxylic acids is 2. The van der Waals surface area contributed by atoms with Gasteiger partial charge in [-0.25, -0.2) is 4.98 Å². The van der Waals surface area contributed by atoms with Crippen LogP contribution in [0, 0.1) is 0 Å². The summed E-state index contributed by atoms with van der Waals surface area (Å²) in [6, 6.07) is 7.78. The zero-order valence-electron chi connectivity index (χ0n) is 16.6. The van der Waals surface area contributed by atoms with Gasteiger partial charge in [0, 0.05) is 17.8 Å². The first-order valence-electron chi connectivity index (χ1n) is 9.60. The highest BCUT2D eigenvalue weighted by Crippen LogP contribution is 2.22. The Hall–Kier alpha value is -2.63. The van der Waals surface area contributed by atoms with Crippen LogP contribution in [0.25, 0.3) is 0 Å². The molecule has 0 unspecified atom stereocenters. The molecule has 1 aliphatic heterocycles. The van der Waals surface area contributed by atoms with Gasteiger partial charge in [-0.15, -0.1) is 0 Å². The molecule has 1 aliphatic rings. The van der Waals surface area contributed by atoms with Gasteiger partial charge < -0.3 is 15.2 Å². The lowest BCUT2D eigenvalue weighted by Gasteiger charge is -2.21. The molecule has 0 spiro atoms. The first-order valence-corrected chi connectivity index (χ1v) is 9.60. The minimum atomic E-state index is -0.355. The van der Waals surface area contributed by atoms with Crippen molar-refractivity contribution in [1.82, 2.24) is 14.9 Å². The molecule has 0 atom stereocenters. The van der Waals surface area contributed by atoms with E-state index in [0.29, 0.717) is 18.1 Å². The van der Waals surface area contributed by atoms with Gasteiger partial charge in [-0.1, -0.05) is 19.1 Å². The van der Waals surface area contributed by atoms with Gasteiger partial charge in [0.1, 0.15) is 5.69 Å². The van der Waals surface area contributed by atoms with Crippen LogP contribution >= 0.6 is 0 Å². The quantitative estimate of drug-likeness (QED) is 0.866. The standard InChI is InChI=1S/C21H28N4O2/c1-5-14-9-11-15(12-10-14)22-20(27)18-23-17(19(26)24-21(2,3)4)16-8-6-7-13-25(16)18/h9-12H,5-8,13H2,1-4H3,(H,22,27)(H,24,26). The van der Waals surface area contributed by atoms with Crippen LogP contribution in [-0.2, 0) is 19.4 Å². The molecule has 2 amide bonds. The second-order valence-electron chi connectivity index (χ2n) is 8.05. The molecule has 0 aliphatic carbocycles. The molecule has 3 rings (SSSR count). The van der Waals surface area contributed by atoms with Crippen molar-refractivity contribution in [3.8, 4) is 0 Å². The number of fused-ring (bicyclic) bond motifs is 1. The Morgan fingerprint density at radius 3 is 2.44 bits per heavy atom. The zero-order valence-corrected chi connectivity index (χ0v) is 16.6. The minimum absolute atomic E-state index is 0.223. The Morgan fingerprint density at radius 1 is 1.11 bits per heavy atom. The summed E-state index contributed by atoms with van der Waals surface area (Å²) in [6.07, 6.45) is 3.70. The number of nitrogens with one attached hydrogen (secondary N) is 2. The van der Waals surface area contributed by atoms with Gasteiger partial charge in [-0.2, -0.15) is 0 Å². The van der Waals surface area contributed by atoms with Crippen molar-refractivity contribution >= 4 is 17.5 Å². The number of benzene rings is 1. The van der Waals surface area contributed by atoms with Gasteiger partial charge in [0.05, 0.1) is 5.69 Å². The van der Waals surface area contributed by atoms with Crippen LogP contribution in [0.3, 0.4) is 0 Å². The van der Waals surface area contributed by atoms with Crippen LogP contribution in [0.5, 0.6) is 0 Å². The minimum Gasteiger partial charge on any atom is -0.346 e. The maximum absolute atomic E-state index is 12.8. The SMILES string of the molecule is CCc1ccc(NC(=O)c2nc(C(=O)NC(C)(C)C)c3n2CCCC3)cc1. The molecule has 6 heteroatoms. The van der Waals surface area contributed by atoms with Crippen LogP contribution in [0.15, 0.2) is 24.3 Å². The lowest BCUT2D eigenvalue weighted by atomic mass is 10.1. The summed E-state index contributed by atoms with van der Waals surface area (Å²) in [5.41, 5.74) is 2.81. The van der Waals surface area contributed by atoms with Crippen molar-refractivity contribution in [3.63, 3.8) is 0 Å². The van der Waals surface area contributed by atoms with Crippen molar-refractivity contribution in [2.75, 3.05) is 5.32 Å². The van der Waals surface area contributed by atoms with Gasteiger partial charge >= 0.3 is 0 Å². The van der Waals surface area contributed by atoms with Crippen LogP contribution in [0.2, 0.25) is 0 Å². The fourth-order valence-electron chi connectivity index (χ4n) is 3.31. The molecule has 2 N–H and O–H groups in total. The number of rotatable bonds is 4. The summed E-state index contributed by atoms with van der Waals surface area (Å²) >= 11 is 0. The number of amides is 2. The van der Waals surface area contributed by atoms with Gasteiger partial charge in [-0.05, 0) is 64.2 Å². The van der Waals surface area contributed by atoms with E-state index >= 15 is 0 Å². The topological polar surface area (TPSA) is 76.0 Å². The third-order valence-corrected chi connectivity index (χ3v) is 4.64. The highest BCUT2D eigenvalue weighted by atomic mass is 16.2. The fourth-order valence-corrected chi connectivity index (χ4v) is 3.31. The lowest BCUT2D eigenvalue weighted by Crippen LogP contribution is -2.41. The number of nitrogens with zero attached hydrogens (tertiary/aromatic N) is 2.